The van der Waals surface area contributed by atoms with Gasteiger partial charge in [-0.25, -0.2) is 0 Å². The van der Waals surface area contributed by atoms with E-state index in [0.29, 0.717) is 18.7 Å². The molecule has 3 N–H and O–H groups in total. The molecule has 1 amide bonds. The number of hydrogen-bond donors (Lipinski definition) is 2. The Labute approximate surface area is 139 Å². The third-order valence-corrected chi connectivity index (χ3v) is 2.70. The normalized spacial score (nSPS) is 10.5. The largest absolute Gasteiger partial charge is 0.397 e. The minimum atomic E-state index is -0.0101. The van der Waals surface area contributed by atoms with Crippen LogP contribution in [0.25, 0.3) is 0 Å². The lowest BCUT2D eigenvalue weighted by Gasteiger charge is -2.28. The van der Waals surface area contributed by atoms with Crippen molar-refractivity contribution in [1.29, 1.82) is 0 Å². The molecule has 0 saturated carbocycles. The number of rotatable bonds is 6. The second-order valence-corrected chi connectivity index (χ2v) is 5.94. The highest BCUT2D eigenvalue weighted by atomic mass is 35.5. The maximum absolute atomic E-state index is 11.8. The lowest BCUT2D eigenvalue weighted by molar-refractivity contribution is -0.121. The number of carbonyl (C=O) groups is 1. The van der Waals surface area contributed by atoms with Crippen LogP contribution in [0.5, 0.6) is 0 Å². The predicted octanol–water partition coefficient (Wildman–Crippen LogP) is 1.75. The van der Waals surface area contributed by atoms with Crippen LogP contribution in [0.15, 0.2) is 18.3 Å². The van der Waals surface area contributed by atoms with E-state index in [-0.39, 0.29) is 36.1 Å². The number of nitrogen functional groups attached to an aromatic ring is 1. The Kier molecular flexibility index (Phi) is 10.4. The van der Waals surface area contributed by atoms with E-state index < -0.39 is 0 Å². The molecule has 0 radical (unpaired) electrons. The molecule has 0 unspecified atom stereocenters. The fraction of sp³-hybridized carbons (Fsp3) is 0.571. The monoisotopic (exact) mass is 336 g/mol. The quantitative estimate of drug-likeness (QED) is 0.830. The van der Waals surface area contributed by atoms with Gasteiger partial charge in [0.1, 0.15) is 0 Å². The van der Waals surface area contributed by atoms with Gasteiger partial charge in [-0.3, -0.25) is 9.78 Å². The summed E-state index contributed by atoms with van der Waals surface area (Å²) in [4.78, 5) is 18.1. The molecule has 0 bridgehead atoms. The van der Waals surface area contributed by atoms with Crippen molar-refractivity contribution in [2.24, 2.45) is 5.41 Å². The maximum Gasteiger partial charge on any atom is 0.226 e. The number of hydrogen-bond acceptors (Lipinski definition) is 4. The van der Waals surface area contributed by atoms with Gasteiger partial charge >= 0.3 is 0 Å². The number of halogens is 2. The summed E-state index contributed by atoms with van der Waals surface area (Å²) in [6, 6.07) is 3.53. The van der Waals surface area contributed by atoms with Crippen LogP contribution in [-0.4, -0.2) is 43.0 Å². The van der Waals surface area contributed by atoms with Gasteiger partial charge in [0.15, 0.2) is 0 Å². The molecule has 1 heterocycles. The fourth-order valence-electron chi connectivity index (χ4n) is 2.02. The topological polar surface area (TPSA) is 71.2 Å². The molecule has 21 heavy (non-hydrogen) atoms. The Hall–Kier alpha value is -1.04. The molecule has 122 valence electrons. The van der Waals surface area contributed by atoms with E-state index in [4.69, 9.17) is 5.73 Å². The first-order valence-corrected chi connectivity index (χ1v) is 6.40. The fourth-order valence-corrected chi connectivity index (χ4v) is 2.02. The summed E-state index contributed by atoms with van der Waals surface area (Å²) in [5.41, 5.74) is 6.94. The molecule has 5 nitrogen and oxygen atoms in total. The van der Waals surface area contributed by atoms with E-state index in [1.54, 1.807) is 18.3 Å². The Bertz CT molecular complexity index is 421. The summed E-state index contributed by atoms with van der Waals surface area (Å²) in [5, 5.41) is 2.95. The Morgan fingerprint density at radius 1 is 1.33 bits per heavy atom. The summed E-state index contributed by atoms with van der Waals surface area (Å²) < 4.78 is 0. The highest BCUT2D eigenvalue weighted by Crippen LogP contribution is 2.14. The Balaban J connectivity index is 0. The van der Waals surface area contributed by atoms with Crippen molar-refractivity contribution in [2.75, 3.05) is 32.9 Å². The molecule has 0 saturated heterocycles. The molecular weight excluding hydrogens is 311 g/mol. The number of nitrogens with one attached hydrogen (secondary N) is 1. The lowest BCUT2D eigenvalue weighted by Crippen LogP contribution is -2.40. The minimum absolute atomic E-state index is 0. The van der Waals surface area contributed by atoms with Crippen molar-refractivity contribution in [2.45, 2.75) is 20.3 Å². The van der Waals surface area contributed by atoms with Crippen LogP contribution in [0.2, 0.25) is 0 Å². The predicted molar refractivity (Wildman–Crippen MR) is 92.2 cm³/mol. The lowest BCUT2D eigenvalue weighted by atomic mass is 9.93. The molecular formula is C14H26Cl2N4O. The summed E-state index contributed by atoms with van der Waals surface area (Å²) in [6.45, 7) is 5.84. The van der Waals surface area contributed by atoms with Crippen LogP contribution < -0.4 is 11.1 Å². The SMILES string of the molecule is CN(C)CC(C)(C)CNC(=O)Cc1ccc(N)cn1.Cl.Cl. The van der Waals surface area contributed by atoms with Crippen LogP contribution in [0.1, 0.15) is 19.5 Å². The van der Waals surface area contributed by atoms with Gasteiger partial charge in [-0.15, -0.1) is 24.8 Å². The number of carbonyl (C=O) groups excluding carboxylic acids is 1. The van der Waals surface area contributed by atoms with E-state index in [2.05, 4.69) is 29.0 Å². The van der Waals surface area contributed by atoms with E-state index in [1.807, 2.05) is 14.1 Å². The van der Waals surface area contributed by atoms with Gasteiger partial charge in [-0.2, -0.15) is 0 Å². The van der Waals surface area contributed by atoms with Crippen LogP contribution in [-0.2, 0) is 11.2 Å². The molecule has 0 aromatic carbocycles. The van der Waals surface area contributed by atoms with Gasteiger partial charge in [-0.1, -0.05) is 13.8 Å². The van der Waals surface area contributed by atoms with E-state index in [9.17, 15) is 4.79 Å². The van der Waals surface area contributed by atoms with Gasteiger partial charge < -0.3 is 16.0 Å². The smallest absolute Gasteiger partial charge is 0.226 e. The van der Waals surface area contributed by atoms with E-state index in [1.165, 1.54) is 0 Å². The number of anilines is 1. The average Bonchev–Trinajstić information content (AvgIpc) is 2.28. The third kappa shape index (κ3) is 9.50. The summed E-state index contributed by atoms with van der Waals surface area (Å²) in [7, 11) is 4.06. The second-order valence-electron chi connectivity index (χ2n) is 5.94. The van der Waals surface area contributed by atoms with Crippen molar-refractivity contribution < 1.29 is 4.79 Å². The molecule has 1 aromatic heterocycles. The highest BCUT2D eigenvalue weighted by molar-refractivity contribution is 5.85. The van der Waals surface area contributed by atoms with Crippen molar-refractivity contribution in [3.05, 3.63) is 24.0 Å². The molecule has 0 fully saturated rings. The van der Waals surface area contributed by atoms with E-state index >= 15 is 0 Å². The van der Waals surface area contributed by atoms with Crippen LogP contribution >= 0.6 is 24.8 Å². The highest BCUT2D eigenvalue weighted by Gasteiger charge is 2.19. The average molecular weight is 337 g/mol. The Morgan fingerprint density at radius 2 is 1.95 bits per heavy atom. The number of pyridine rings is 1. The van der Waals surface area contributed by atoms with Crippen LogP contribution in [0.3, 0.4) is 0 Å². The zero-order chi connectivity index (χ0) is 14.5. The molecule has 0 spiro atoms. The number of nitrogens with zero attached hydrogens (tertiary/aromatic N) is 2. The van der Waals surface area contributed by atoms with Gasteiger partial charge in [0.25, 0.3) is 0 Å². The first-order chi connectivity index (χ1) is 8.78. The summed E-state index contributed by atoms with van der Waals surface area (Å²) in [5.74, 6) is -0.0101. The van der Waals surface area contributed by atoms with E-state index in [0.717, 1.165) is 12.2 Å². The van der Waals surface area contributed by atoms with Crippen LogP contribution in [0, 0.1) is 5.41 Å². The van der Waals surface area contributed by atoms with Crippen molar-refractivity contribution in [1.82, 2.24) is 15.2 Å². The number of aromatic nitrogens is 1. The zero-order valence-electron chi connectivity index (χ0n) is 13.0. The summed E-state index contributed by atoms with van der Waals surface area (Å²) in [6.07, 6.45) is 1.86. The molecule has 0 aliphatic rings. The van der Waals surface area contributed by atoms with Crippen LogP contribution in [0.4, 0.5) is 5.69 Å². The minimum Gasteiger partial charge on any atom is -0.397 e. The number of amides is 1. The first kappa shape index (κ1) is 22.2. The van der Waals surface area contributed by atoms with Gasteiger partial charge in [0.2, 0.25) is 5.91 Å². The second kappa shape index (κ2) is 9.82. The van der Waals surface area contributed by atoms with Gasteiger partial charge in [-0.05, 0) is 31.6 Å². The molecule has 0 atom stereocenters. The van der Waals surface area contributed by atoms with Crippen molar-refractivity contribution >= 4 is 36.4 Å². The molecule has 7 heteroatoms. The van der Waals surface area contributed by atoms with Gasteiger partial charge in [0, 0.05) is 18.8 Å². The molecule has 0 aliphatic carbocycles. The number of nitrogens with two attached hydrogens (primary N) is 1. The van der Waals surface area contributed by atoms with Gasteiger partial charge in [0.05, 0.1) is 18.3 Å². The third-order valence-electron chi connectivity index (χ3n) is 2.70. The molecule has 0 aliphatic heterocycles. The maximum atomic E-state index is 11.8. The first-order valence-electron chi connectivity index (χ1n) is 6.40. The zero-order valence-corrected chi connectivity index (χ0v) is 14.7. The standard InChI is InChI=1S/C14H24N4O.2ClH/c1-14(2,10-18(3)4)9-17-13(19)7-12-6-5-11(15)8-16-12;;/h5-6,8H,7,9-10,15H2,1-4H3,(H,17,19);2*1H. The molecule has 1 aromatic rings. The molecule has 1 rings (SSSR count). The Morgan fingerprint density at radius 3 is 2.43 bits per heavy atom. The summed E-state index contributed by atoms with van der Waals surface area (Å²) >= 11 is 0. The van der Waals surface area contributed by atoms with Crippen molar-refractivity contribution in [3.63, 3.8) is 0 Å². The van der Waals surface area contributed by atoms with Crippen molar-refractivity contribution in [3.8, 4) is 0 Å².